The molecule has 1 aliphatic heterocycles. The van der Waals surface area contributed by atoms with Crippen LogP contribution in [-0.2, 0) is 11.0 Å². The molecule has 0 unspecified atom stereocenters. The van der Waals surface area contributed by atoms with Gasteiger partial charge >= 0.3 is 6.18 Å². The number of piperazine rings is 1. The summed E-state index contributed by atoms with van der Waals surface area (Å²) in [6, 6.07) is 7.55. The van der Waals surface area contributed by atoms with Gasteiger partial charge in [0.1, 0.15) is 0 Å². The molecule has 1 N–H and O–H groups in total. The van der Waals surface area contributed by atoms with E-state index < -0.39 is 17.1 Å². The Morgan fingerprint density at radius 1 is 1.23 bits per heavy atom. The number of carbonyl (C=O) groups is 1. The molecule has 0 atom stereocenters. The lowest BCUT2D eigenvalue weighted by atomic mass is 10.2. The van der Waals surface area contributed by atoms with Crippen LogP contribution in [-0.4, -0.2) is 53.7 Å². The van der Waals surface area contributed by atoms with Crippen LogP contribution < -0.4 is 10.2 Å². The van der Waals surface area contributed by atoms with Gasteiger partial charge in [-0.3, -0.25) is 15.0 Å². The lowest BCUT2D eigenvalue weighted by Gasteiger charge is -2.35. The Balaban J connectivity index is 1.48. The van der Waals surface area contributed by atoms with E-state index in [2.05, 4.69) is 20.4 Å². The lowest BCUT2D eigenvalue weighted by molar-refractivity contribution is -0.138. The number of rotatable bonds is 4. The third kappa shape index (κ3) is 4.83. The maximum Gasteiger partial charge on any atom is 0.445 e. The molecule has 0 spiro atoms. The molecule has 0 bridgehead atoms. The molecule has 2 aromatic rings. The number of carbonyl (C=O) groups excluding carboxylic acids is 1. The van der Waals surface area contributed by atoms with Crippen LogP contribution in [0.3, 0.4) is 0 Å². The van der Waals surface area contributed by atoms with Crippen molar-refractivity contribution >= 4 is 39.7 Å². The molecular weight excluding hydrogens is 391 g/mol. The Morgan fingerprint density at radius 3 is 2.58 bits per heavy atom. The SMILES string of the molecule is O=C(CN1CCN(c2cccc(Cl)c2)CC1)Nc1nnc(C(F)(F)F)s1. The number of alkyl halides is 3. The second kappa shape index (κ2) is 7.77. The number of nitrogens with zero attached hydrogens (tertiary/aromatic N) is 4. The molecule has 6 nitrogen and oxygen atoms in total. The minimum Gasteiger partial charge on any atom is -0.369 e. The molecular formula is C15H15ClF3N5OS. The first kappa shape index (κ1) is 18.9. The van der Waals surface area contributed by atoms with Crippen LogP contribution in [0.4, 0.5) is 24.0 Å². The summed E-state index contributed by atoms with van der Waals surface area (Å²) < 4.78 is 37.5. The molecule has 3 rings (SSSR count). The largest absolute Gasteiger partial charge is 0.445 e. The van der Waals surface area contributed by atoms with E-state index in [9.17, 15) is 18.0 Å². The molecule has 0 saturated carbocycles. The molecule has 0 aliphatic carbocycles. The van der Waals surface area contributed by atoms with Gasteiger partial charge in [-0.25, -0.2) is 0 Å². The van der Waals surface area contributed by atoms with Crippen molar-refractivity contribution in [3.63, 3.8) is 0 Å². The van der Waals surface area contributed by atoms with E-state index >= 15 is 0 Å². The van der Waals surface area contributed by atoms with Gasteiger partial charge in [0.25, 0.3) is 0 Å². The fourth-order valence-electron chi connectivity index (χ4n) is 2.59. The minimum absolute atomic E-state index is 0.0876. The zero-order valence-electron chi connectivity index (χ0n) is 13.5. The fraction of sp³-hybridized carbons (Fsp3) is 0.400. The summed E-state index contributed by atoms with van der Waals surface area (Å²) in [5.74, 6) is -0.411. The number of aromatic nitrogens is 2. The molecule has 2 heterocycles. The number of benzene rings is 1. The van der Waals surface area contributed by atoms with Crippen LogP contribution in [0.25, 0.3) is 0 Å². The smallest absolute Gasteiger partial charge is 0.369 e. The molecule has 26 heavy (non-hydrogen) atoms. The van der Waals surface area contributed by atoms with Crippen LogP contribution in [0, 0.1) is 0 Å². The van der Waals surface area contributed by atoms with Gasteiger partial charge in [0.2, 0.25) is 16.0 Å². The van der Waals surface area contributed by atoms with E-state index in [1.165, 1.54) is 0 Å². The van der Waals surface area contributed by atoms with Crippen molar-refractivity contribution in [2.75, 3.05) is 42.9 Å². The third-order valence-electron chi connectivity index (χ3n) is 3.83. The van der Waals surface area contributed by atoms with Crippen molar-refractivity contribution in [2.45, 2.75) is 6.18 Å². The van der Waals surface area contributed by atoms with Gasteiger partial charge in [-0.1, -0.05) is 29.0 Å². The van der Waals surface area contributed by atoms with Crippen LogP contribution in [0.15, 0.2) is 24.3 Å². The summed E-state index contributed by atoms with van der Waals surface area (Å²) >= 11 is 6.31. The highest BCUT2D eigenvalue weighted by Gasteiger charge is 2.35. The molecule has 0 radical (unpaired) electrons. The fourth-order valence-corrected chi connectivity index (χ4v) is 3.40. The normalized spacial score (nSPS) is 15.9. The van der Waals surface area contributed by atoms with Gasteiger partial charge < -0.3 is 4.90 Å². The van der Waals surface area contributed by atoms with Gasteiger partial charge in [0, 0.05) is 36.9 Å². The topological polar surface area (TPSA) is 61.4 Å². The van der Waals surface area contributed by atoms with Gasteiger partial charge in [-0.15, -0.1) is 10.2 Å². The predicted octanol–water partition coefficient (Wildman–Crippen LogP) is 2.97. The summed E-state index contributed by atoms with van der Waals surface area (Å²) in [5.41, 5.74) is 1.02. The predicted molar refractivity (Wildman–Crippen MR) is 93.6 cm³/mol. The van der Waals surface area contributed by atoms with E-state index in [4.69, 9.17) is 11.6 Å². The highest BCUT2D eigenvalue weighted by molar-refractivity contribution is 7.15. The number of amides is 1. The van der Waals surface area contributed by atoms with Crippen LogP contribution >= 0.6 is 22.9 Å². The van der Waals surface area contributed by atoms with Crippen molar-refractivity contribution in [2.24, 2.45) is 0 Å². The Labute approximate surface area is 156 Å². The Hall–Kier alpha value is -1.91. The van der Waals surface area contributed by atoms with Gasteiger partial charge in [-0.05, 0) is 18.2 Å². The summed E-state index contributed by atoms with van der Waals surface area (Å²) in [7, 11) is 0. The van der Waals surface area contributed by atoms with E-state index in [0.717, 1.165) is 18.8 Å². The molecule has 1 aromatic carbocycles. The van der Waals surface area contributed by atoms with Crippen molar-refractivity contribution < 1.29 is 18.0 Å². The molecule has 1 amide bonds. The summed E-state index contributed by atoms with van der Waals surface area (Å²) in [4.78, 5) is 16.1. The second-order valence-electron chi connectivity index (χ2n) is 5.70. The highest BCUT2D eigenvalue weighted by atomic mass is 35.5. The molecule has 1 aromatic heterocycles. The third-order valence-corrected chi connectivity index (χ3v) is 4.95. The average molecular weight is 406 g/mol. The first-order valence-electron chi connectivity index (χ1n) is 7.75. The average Bonchev–Trinajstić information content (AvgIpc) is 3.04. The number of anilines is 2. The van der Waals surface area contributed by atoms with Crippen LogP contribution in [0.1, 0.15) is 5.01 Å². The van der Waals surface area contributed by atoms with Gasteiger partial charge in [0.15, 0.2) is 0 Å². The standard InChI is InChI=1S/C15H15ClF3N5OS/c16-10-2-1-3-11(8-10)24-6-4-23(5-7-24)9-12(25)20-14-22-21-13(26-14)15(17,18)19/h1-3,8H,4-7,9H2,(H,20,22,25). The Bertz CT molecular complexity index is 777. The van der Waals surface area contributed by atoms with Crippen molar-refractivity contribution in [1.29, 1.82) is 0 Å². The monoisotopic (exact) mass is 405 g/mol. The van der Waals surface area contributed by atoms with Crippen LogP contribution in [0.2, 0.25) is 5.02 Å². The van der Waals surface area contributed by atoms with E-state index in [1.807, 2.05) is 29.2 Å². The molecule has 140 valence electrons. The first-order chi connectivity index (χ1) is 12.3. The quantitative estimate of drug-likeness (QED) is 0.847. The number of nitrogens with one attached hydrogen (secondary N) is 1. The molecule has 11 heteroatoms. The van der Waals surface area contributed by atoms with Crippen molar-refractivity contribution in [3.8, 4) is 0 Å². The van der Waals surface area contributed by atoms with Crippen molar-refractivity contribution in [1.82, 2.24) is 15.1 Å². The van der Waals surface area contributed by atoms with E-state index in [-0.39, 0.29) is 11.7 Å². The highest BCUT2D eigenvalue weighted by Crippen LogP contribution is 2.33. The molecule has 1 fully saturated rings. The Morgan fingerprint density at radius 2 is 1.96 bits per heavy atom. The summed E-state index contributed by atoms with van der Waals surface area (Å²) in [5, 5.41) is 8.19. The van der Waals surface area contributed by atoms with E-state index in [0.29, 0.717) is 29.4 Å². The molecule has 1 saturated heterocycles. The minimum atomic E-state index is -4.56. The first-order valence-corrected chi connectivity index (χ1v) is 8.94. The van der Waals surface area contributed by atoms with Crippen LogP contribution in [0.5, 0.6) is 0 Å². The van der Waals surface area contributed by atoms with E-state index in [1.54, 1.807) is 0 Å². The maximum absolute atomic E-state index is 12.5. The Kier molecular flexibility index (Phi) is 5.64. The number of hydrogen-bond donors (Lipinski definition) is 1. The zero-order valence-corrected chi connectivity index (χ0v) is 15.0. The maximum atomic E-state index is 12.5. The zero-order chi connectivity index (χ0) is 18.7. The second-order valence-corrected chi connectivity index (χ2v) is 7.12. The molecule has 1 aliphatic rings. The summed E-state index contributed by atoms with van der Waals surface area (Å²) in [6.45, 7) is 2.85. The van der Waals surface area contributed by atoms with Crippen molar-refractivity contribution in [3.05, 3.63) is 34.3 Å². The number of hydrogen-bond acceptors (Lipinski definition) is 6. The lowest BCUT2D eigenvalue weighted by Crippen LogP contribution is -2.48. The van der Waals surface area contributed by atoms with Gasteiger partial charge in [0.05, 0.1) is 6.54 Å². The number of halogens is 4. The van der Waals surface area contributed by atoms with Gasteiger partial charge in [-0.2, -0.15) is 13.2 Å². The summed E-state index contributed by atoms with van der Waals surface area (Å²) in [6.07, 6.45) is -4.56.